The van der Waals surface area contributed by atoms with Gasteiger partial charge in [0.25, 0.3) is 0 Å². The molecule has 1 heterocycles. The number of hydrogen-bond acceptors (Lipinski definition) is 6. The molecule has 9 heteroatoms. The van der Waals surface area contributed by atoms with Gasteiger partial charge in [-0.15, -0.1) is 0 Å². The number of benzene rings is 1. The third-order valence-corrected chi connectivity index (χ3v) is 3.61. The molecule has 0 unspecified atom stereocenters. The second-order valence-electron chi connectivity index (χ2n) is 4.11. The van der Waals surface area contributed by atoms with E-state index in [0.717, 1.165) is 0 Å². The molecule has 0 atom stereocenters. The fourth-order valence-electron chi connectivity index (χ4n) is 1.73. The van der Waals surface area contributed by atoms with Crippen LogP contribution in [0.2, 0.25) is 0 Å². The summed E-state index contributed by atoms with van der Waals surface area (Å²) in [6, 6.07) is 5.82. The van der Waals surface area contributed by atoms with Crippen LogP contribution in [-0.4, -0.2) is 30.5 Å². The largest absolute Gasteiger partial charge is 0.461 e. The van der Waals surface area contributed by atoms with Crippen LogP contribution in [-0.2, 0) is 14.8 Å². The van der Waals surface area contributed by atoms with Gasteiger partial charge in [-0.3, -0.25) is 4.57 Å². The zero-order valence-electron chi connectivity index (χ0n) is 11.2. The number of carbonyl (C=O) groups is 1. The lowest BCUT2D eigenvalue weighted by molar-refractivity contribution is 0.0521. The second-order valence-corrected chi connectivity index (χ2v) is 5.67. The molecule has 0 aliphatic carbocycles. The number of carbonyl (C=O) groups excluding carboxylic acids is 1. The van der Waals surface area contributed by atoms with E-state index in [1.807, 2.05) is 0 Å². The summed E-state index contributed by atoms with van der Waals surface area (Å²) in [6.45, 7) is 1.87. The molecule has 1 aromatic carbocycles. The molecule has 2 rings (SSSR count). The first-order valence-corrected chi connectivity index (χ1v) is 7.52. The molecule has 2 aromatic rings. The first-order valence-electron chi connectivity index (χ1n) is 5.97. The standard InChI is InChI=1S/C12H14N4O4S/c1-2-20-12(17)10-11(13)16(7-15-10)8-4-3-5-9(6-8)21(14,18)19/h3-7H,2,13H2,1H3,(H2,14,18,19). The predicted octanol–water partition coefficient (Wildman–Crippen LogP) is 0.279. The fraction of sp³-hybridized carbons (Fsp3) is 0.167. The first kappa shape index (κ1) is 15.0. The molecule has 0 fully saturated rings. The van der Waals surface area contributed by atoms with E-state index in [-0.39, 0.29) is 23.0 Å². The first-order chi connectivity index (χ1) is 9.84. The van der Waals surface area contributed by atoms with Gasteiger partial charge in [0.05, 0.1) is 11.5 Å². The minimum absolute atomic E-state index is 0.0298. The van der Waals surface area contributed by atoms with Crippen molar-refractivity contribution in [1.82, 2.24) is 9.55 Å². The van der Waals surface area contributed by atoms with E-state index in [9.17, 15) is 13.2 Å². The Balaban J connectivity index is 2.47. The summed E-state index contributed by atoms with van der Waals surface area (Å²) in [5.74, 6) is -0.587. The van der Waals surface area contributed by atoms with E-state index >= 15 is 0 Å². The van der Waals surface area contributed by atoms with E-state index in [2.05, 4.69) is 4.98 Å². The number of nitrogen functional groups attached to an aromatic ring is 1. The van der Waals surface area contributed by atoms with Crippen LogP contribution >= 0.6 is 0 Å². The Bertz CT molecular complexity index is 782. The Kier molecular flexibility index (Phi) is 3.96. The van der Waals surface area contributed by atoms with Crippen molar-refractivity contribution in [3.63, 3.8) is 0 Å². The number of sulfonamides is 1. The highest BCUT2D eigenvalue weighted by Crippen LogP contribution is 2.20. The topological polar surface area (TPSA) is 130 Å². The van der Waals surface area contributed by atoms with Crippen LogP contribution in [0.5, 0.6) is 0 Å². The van der Waals surface area contributed by atoms with Gasteiger partial charge in [0.2, 0.25) is 10.0 Å². The lowest BCUT2D eigenvalue weighted by atomic mass is 10.3. The van der Waals surface area contributed by atoms with Crippen LogP contribution in [0.3, 0.4) is 0 Å². The number of anilines is 1. The van der Waals surface area contributed by atoms with E-state index in [1.165, 1.54) is 29.1 Å². The third-order valence-electron chi connectivity index (χ3n) is 2.70. The number of hydrogen-bond donors (Lipinski definition) is 2. The summed E-state index contributed by atoms with van der Waals surface area (Å²) in [4.78, 5) is 15.5. The molecular weight excluding hydrogens is 296 g/mol. The van der Waals surface area contributed by atoms with Crippen molar-refractivity contribution in [2.45, 2.75) is 11.8 Å². The van der Waals surface area contributed by atoms with Crippen LogP contribution in [0, 0.1) is 0 Å². The smallest absolute Gasteiger partial charge is 0.360 e. The number of primary sulfonamides is 1. The Hall–Kier alpha value is -2.39. The van der Waals surface area contributed by atoms with Gasteiger partial charge >= 0.3 is 5.97 Å². The quantitative estimate of drug-likeness (QED) is 0.780. The van der Waals surface area contributed by atoms with Crippen molar-refractivity contribution in [1.29, 1.82) is 0 Å². The molecular formula is C12H14N4O4S. The molecule has 8 nitrogen and oxygen atoms in total. The van der Waals surface area contributed by atoms with Gasteiger partial charge in [-0.05, 0) is 25.1 Å². The third kappa shape index (κ3) is 3.03. The molecule has 0 saturated carbocycles. The number of aromatic nitrogens is 2. The lowest BCUT2D eigenvalue weighted by Gasteiger charge is -2.07. The lowest BCUT2D eigenvalue weighted by Crippen LogP contribution is -2.13. The van der Waals surface area contributed by atoms with Crippen LogP contribution in [0.25, 0.3) is 5.69 Å². The molecule has 0 aliphatic rings. The molecule has 21 heavy (non-hydrogen) atoms. The Morgan fingerprint density at radius 3 is 2.76 bits per heavy atom. The molecule has 0 bridgehead atoms. The van der Waals surface area contributed by atoms with Crippen molar-refractivity contribution >= 4 is 21.8 Å². The second kappa shape index (κ2) is 5.54. The highest BCUT2D eigenvalue weighted by molar-refractivity contribution is 7.89. The van der Waals surface area contributed by atoms with E-state index < -0.39 is 16.0 Å². The molecule has 0 spiro atoms. The van der Waals surface area contributed by atoms with Gasteiger partial charge in [0.1, 0.15) is 12.1 Å². The zero-order valence-corrected chi connectivity index (χ0v) is 12.0. The van der Waals surface area contributed by atoms with Crippen molar-refractivity contribution in [3.05, 3.63) is 36.3 Å². The summed E-state index contributed by atoms with van der Waals surface area (Å²) in [5.41, 5.74) is 6.23. The summed E-state index contributed by atoms with van der Waals surface area (Å²) in [5, 5.41) is 5.08. The van der Waals surface area contributed by atoms with Crippen molar-refractivity contribution < 1.29 is 17.9 Å². The molecule has 4 N–H and O–H groups in total. The average molecular weight is 310 g/mol. The summed E-state index contributed by atoms with van der Waals surface area (Å²) in [6.07, 6.45) is 1.31. The number of imidazole rings is 1. The maximum atomic E-state index is 11.6. The maximum Gasteiger partial charge on any atom is 0.360 e. The van der Waals surface area contributed by atoms with Gasteiger partial charge in [0.15, 0.2) is 5.69 Å². The molecule has 1 aromatic heterocycles. The predicted molar refractivity (Wildman–Crippen MR) is 75.3 cm³/mol. The van der Waals surface area contributed by atoms with Crippen molar-refractivity contribution in [2.24, 2.45) is 5.14 Å². The summed E-state index contributed by atoms with van der Waals surface area (Å²) in [7, 11) is -3.83. The van der Waals surface area contributed by atoms with Crippen molar-refractivity contribution in [3.8, 4) is 5.69 Å². The monoisotopic (exact) mass is 310 g/mol. The Labute approximate surface area is 121 Å². The molecule has 0 radical (unpaired) electrons. The van der Waals surface area contributed by atoms with Crippen LogP contribution in [0.4, 0.5) is 5.82 Å². The highest BCUT2D eigenvalue weighted by Gasteiger charge is 2.18. The highest BCUT2D eigenvalue weighted by atomic mass is 32.2. The van der Waals surface area contributed by atoms with Gasteiger partial charge in [-0.25, -0.2) is 23.3 Å². The minimum Gasteiger partial charge on any atom is -0.461 e. The van der Waals surface area contributed by atoms with Gasteiger partial charge < -0.3 is 10.5 Å². The normalized spacial score (nSPS) is 11.3. The van der Waals surface area contributed by atoms with Gasteiger partial charge in [0, 0.05) is 5.69 Å². The SMILES string of the molecule is CCOC(=O)c1ncn(-c2cccc(S(N)(=O)=O)c2)c1N. The molecule has 0 saturated heterocycles. The number of rotatable bonds is 4. The van der Waals surface area contributed by atoms with Gasteiger partial charge in [-0.1, -0.05) is 6.07 Å². The van der Waals surface area contributed by atoms with E-state index in [1.54, 1.807) is 13.0 Å². The Morgan fingerprint density at radius 2 is 2.14 bits per heavy atom. The summed E-state index contributed by atoms with van der Waals surface area (Å²) >= 11 is 0. The minimum atomic E-state index is -3.83. The van der Waals surface area contributed by atoms with Crippen LogP contribution < -0.4 is 10.9 Å². The number of nitrogens with zero attached hydrogens (tertiary/aromatic N) is 2. The molecule has 112 valence electrons. The Morgan fingerprint density at radius 1 is 1.43 bits per heavy atom. The molecule has 0 aliphatic heterocycles. The number of nitrogens with two attached hydrogens (primary N) is 2. The maximum absolute atomic E-state index is 11.6. The average Bonchev–Trinajstić information content (AvgIpc) is 2.80. The van der Waals surface area contributed by atoms with Crippen LogP contribution in [0.15, 0.2) is 35.5 Å². The number of ether oxygens (including phenoxy) is 1. The molecule has 0 amide bonds. The fourth-order valence-corrected chi connectivity index (χ4v) is 2.28. The van der Waals surface area contributed by atoms with Crippen molar-refractivity contribution in [2.75, 3.05) is 12.3 Å². The zero-order chi connectivity index (χ0) is 15.6. The number of esters is 1. The van der Waals surface area contributed by atoms with Gasteiger partial charge in [-0.2, -0.15) is 0 Å². The van der Waals surface area contributed by atoms with E-state index in [4.69, 9.17) is 15.6 Å². The summed E-state index contributed by atoms with van der Waals surface area (Å²) < 4.78 is 28.9. The van der Waals surface area contributed by atoms with Crippen LogP contribution in [0.1, 0.15) is 17.4 Å². The van der Waals surface area contributed by atoms with E-state index in [0.29, 0.717) is 5.69 Å².